The quantitative estimate of drug-likeness (QED) is 0.895. The number of piperazine rings is 1. The second-order valence-electron chi connectivity index (χ2n) is 5.83. The molecule has 0 amide bonds. The number of nitrogens with one attached hydrogen (secondary N) is 1. The Labute approximate surface area is 131 Å². The zero-order valence-corrected chi connectivity index (χ0v) is 13.3. The van der Waals surface area contributed by atoms with Gasteiger partial charge in [-0.05, 0) is 37.1 Å². The third-order valence-corrected chi connectivity index (χ3v) is 4.49. The van der Waals surface area contributed by atoms with Crippen LogP contribution in [0.5, 0.6) is 0 Å². The first-order valence-electron chi connectivity index (χ1n) is 7.46. The molecule has 2 atom stereocenters. The number of hydrogen-bond acceptors (Lipinski definition) is 2. The van der Waals surface area contributed by atoms with E-state index in [1.165, 1.54) is 11.1 Å². The molecule has 21 heavy (non-hydrogen) atoms. The zero-order chi connectivity index (χ0) is 14.8. The van der Waals surface area contributed by atoms with Crippen LogP contribution in [0.25, 0.3) is 0 Å². The number of aryl methyl sites for hydroxylation is 1. The van der Waals surface area contributed by atoms with Crippen molar-refractivity contribution in [2.45, 2.75) is 25.9 Å². The van der Waals surface area contributed by atoms with E-state index >= 15 is 0 Å². The largest absolute Gasteiger partial charge is 0.364 e. The highest BCUT2D eigenvalue weighted by Gasteiger charge is 2.27. The van der Waals surface area contributed by atoms with Crippen molar-refractivity contribution < 1.29 is 0 Å². The van der Waals surface area contributed by atoms with Crippen LogP contribution in [0.1, 0.15) is 24.1 Å². The van der Waals surface area contributed by atoms with Gasteiger partial charge in [-0.15, -0.1) is 0 Å². The van der Waals surface area contributed by atoms with Crippen molar-refractivity contribution in [1.29, 1.82) is 0 Å². The number of halogens is 1. The van der Waals surface area contributed by atoms with Gasteiger partial charge in [0.1, 0.15) is 0 Å². The fraction of sp³-hybridized carbons (Fsp3) is 0.333. The molecule has 2 aromatic carbocycles. The standard InChI is InChI=1S/C18H21ClN2/c1-13-8-9-18(16(19)10-13)21-12-17(20-11-14(21)2)15-6-4-3-5-7-15/h3-10,14,17,20H,11-12H2,1-2H3. The van der Waals surface area contributed by atoms with Crippen LogP contribution in [0.2, 0.25) is 5.02 Å². The van der Waals surface area contributed by atoms with Gasteiger partial charge in [-0.25, -0.2) is 0 Å². The average molecular weight is 301 g/mol. The molecule has 0 aliphatic carbocycles. The van der Waals surface area contributed by atoms with Crippen LogP contribution in [0.15, 0.2) is 48.5 Å². The lowest BCUT2D eigenvalue weighted by molar-refractivity contribution is 0.414. The van der Waals surface area contributed by atoms with Crippen molar-refractivity contribution >= 4 is 17.3 Å². The summed E-state index contributed by atoms with van der Waals surface area (Å²) in [4.78, 5) is 2.41. The molecule has 1 fully saturated rings. The van der Waals surface area contributed by atoms with E-state index in [2.05, 4.69) is 66.5 Å². The van der Waals surface area contributed by atoms with Gasteiger partial charge < -0.3 is 10.2 Å². The smallest absolute Gasteiger partial charge is 0.0642 e. The molecule has 2 aromatic rings. The van der Waals surface area contributed by atoms with Crippen molar-refractivity contribution in [2.24, 2.45) is 0 Å². The SMILES string of the molecule is Cc1ccc(N2CC(c3ccccc3)NCC2C)c(Cl)c1. The Balaban J connectivity index is 1.87. The van der Waals surface area contributed by atoms with Crippen LogP contribution in [0.3, 0.4) is 0 Å². The van der Waals surface area contributed by atoms with E-state index in [9.17, 15) is 0 Å². The number of benzene rings is 2. The molecule has 0 bridgehead atoms. The molecular weight excluding hydrogens is 280 g/mol. The van der Waals surface area contributed by atoms with Gasteiger partial charge in [-0.3, -0.25) is 0 Å². The summed E-state index contributed by atoms with van der Waals surface area (Å²) in [7, 11) is 0. The molecule has 0 saturated carbocycles. The lowest BCUT2D eigenvalue weighted by Crippen LogP contribution is -2.51. The van der Waals surface area contributed by atoms with Crippen LogP contribution in [-0.2, 0) is 0 Å². The maximum atomic E-state index is 6.46. The average Bonchev–Trinajstić information content (AvgIpc) is 2.49. The van der Waals surface area contributed by atoms with Crippen molar-refractivity contribution in [2.75, 3.05) is 18.0 Å². The molecule has 1 aliphatic rings. The van der Waals surface area contributed by atoms with Crippen molar-refractivity contribution in [3.8, 4) is 0 Å². The number of rotatable bonds is 2. The maximum absolute atomic E-state index is 6.46. The van der Waals surface area contributed by atoms with Crippen LogP contribution in [0.4, 0.5) is 5.69 Å². The van der Waals surface area contributed by atoms with Gasteiger partial charge in [0, 0.05) is 25.2 Å². The Bertz CT molecular complexity index is 612. The molecule has 2 nitrogen and oxygen atoms in total. The van der Waals surface area contributed by atoms with E-state index in [4.69, 9.17) is 11.6 Å². The molecule has 1 N–H and O–H groups in total. The van der Waals surface area contributed by atoms with Crippen molar-refractivity contribution in [1.82, 2.24) is 5.32 Å². The summed E-state index contributed by atoms with van der Waals surface area (Å²) in [5, 5.41) is 4.47. The fourth-order valence-electron chi connectivity index (χ4n) is 2.95. The summed E-state index contributed by atoms with van der Waals surface area (Å²) < 4.78 is 0. The Kier molecular flexibility index (Phi) is 4.18. The Morgan fingerprint density at radius 1 is 1.14 bits per heavy atom. The van der Waals surface area contributed by atoms with Gasteiger partial charge in [0.2, 0.25) is 0 Å². The van der Waals surface area contributed by atoms with Gasteiger partial charge in [-0.1, -0.05) is 48.0 Å². The third-order valence-electron chi connectivity index (χ3n) is 4.19. The minimum atomic E-state index is 0.347. The first-order chi connectivity index (χ1) is 10.1. The summed E-state index contributed by atoms with van der Waals surface area (Å²) >= 11 is 6.46. The maximum Gasteiger partial charge on any atom is 0.0642 e. The van der Waals surface area contributed by atoms with Crippen molar-refractivity contribution in [3.63, 3.8) is 0 Å². The minimum absolute atomic E-state index is 0.347. The summed E-state index contributed by atoms with van der Waals surface area (Å²) in [5.41, 5.74) is 3.67. The summed E-state index contributed by atoms with van der Waals surface area (Å²) in [6, 6.07) is 17.7. The summed E-state index contributed by atoms with van der Waals surface area (Å²) in [5.74, 6) is 0. The highest BCUT2D eigenvalue weighted by molar-refractivity contribution is 6.33. The fourth-order valence-corrected chi connectivity index (χ4v) is 3.30. The molecule has 1 aliphatic heterocycles. The minimum Gasteiger partial charge on any atom is -0.364 e. The van der Waals surface area contributed by atoms with E-state index in [1.54, 1.807) is 0 Å². The number of nitrogens with zero attached hydrogens (tertiary/aromatic N) is 1. The van der Waals surface area contributed by atoms with Gasteiger partial charge in [0.05, 0.1) is 10.7 Å². The Hall–Kier alpha value is -1.51. The molecule has 0 radical (unpaired) electrons. The number of hydrogen-bond donors (Lipinski definition) is 1. The highest BCUT2D eigenvalue weighted by Crippen LogP contribution is 2.31. The molecule has 110 valence electrons. The monoisotopic (exact) mass is 300 g/mol. The molecule has 0 spiro atoms. The Morgan fingerprint density at radius 3 is 2.62 bits per heavy atom. The molecule has 0 aromatic heterocycles. The van der Waals surface area contributed by atoms with Gasteiger partial charge in [0.15, 0.2) is 0 Å². The lowest BCUT2D eigenvalue weighted by atomic mass is 10.0. The van der Waals surface area contributed by atoms with Gasteiger partial charge in [-0.2, -0.15) is 0 Å². The van der Waals surface area contributed by atoms with E-state index < -0.39 is 0 Å². The van der Waals surface area contributed by atoms with Crippen LogP contribution in [0, 0.1) is 6.92 Å². The molecule has 3 rings (SSSR count). The first-order valence-corrected chi connectivity index (χ1v) is 7.84. The van der Waals surface area contributed by atoms with E-state index in [-0.39, 0.29) is 0 Å². The summed E-state index contributed by atoms with van der Waals surface area (Å²) in [6.45, 7) is 6.21. The van der Waals surface area contributed by atoms with Gasteiger partial charge >= 0.3 is 0 Å². The Morgan fingerprint density at radius 2 is 1.90 bits per heavy atom. The molecule has 1 heterocycles. The van der Waals surface area contributed by atoms with Gasteiger partial charge in [0.25, 0.3) is 0 Å². The predicted molar refractivity (Wildman–Crippen MR) is 90.2 cm³/mol. The molecule has 2 unspecified atom stereocenters. The van der Waals surface area contributed by atoms with Crippen molar-refractivity contribution in [3.05, 3.63) is 64.7 Å². The second-order valence-corrected chi connectivity index (χ2v) is 6.23. The second kappa shape index (κ2) is 6.08. The normalized spacial score (nSPS) is 22.3. The van der Waals surface area contributed by atoms with E-state index in [1.807, 2.05) is 6.07 Å². The first kappa shape index (κ1) is 14.4. The van der Waals surface area contributed by atoms with Crippen LogP contribution in [-0.4, -0.2) is 19.1 Å². The number of anilines is 1. The lowest BCUT2D eigenvalue weighted by Gasteiger charge is -2.41. The topological polar surface area (TPSA) is 15.3 Å². The van der Waals surface area contributed by atoms with E-state index in [0.717, 1.165) is 23.8 Å². The molecule has 3 heteroatoms. The van der Waals surface area contributed by atoms with Crippen LogP contribution >= 0.6 is 11.6 Å². The van der Waals surface area contributed by atoms with Crippen LogP contribution < -0.4 is 10.2 Å². The van der Waals surface area contributed by atoms with E-state index in [0.29, 0.717) is 12.1 Å². The predicted octanol–water partition coefficient (Wildman–Crippen LogP) is 4.19. The molecule has 1 saturated heterocycles. The zero-order valence-electron chi connectivity index (χ0n) is 12.5. The summed E-state index contributed by atoms with van der Waals surface area (Å²) in [6.07, 6.45) is 0. The third kappa shape index (κ3) is 3.07. The highest BCUT2D eigenvalue weighted by atomic mass is 35.5. The molecular formula is C18H21ClN2.